The monoisotopic (exact) mass is 359 g/mol. The van der Waals surface area contributed by atoms with Gasteiger partial charge in [0.25, 0.3) is 0 Å². The van der Waals surface area contributed by atoms with Crippen molar-refractivity contribution >= 4 is 11.6 Å². The first kappa shape index (κ1) is 18.0. The predicted molar refractivity (Wildman–Crippen MR) is 105 cm³/mol. The summed E-state index contributed by atoms with van der Waals surface area (Å²) in [6.45, 7) is 8.97. The van der Waals surface area contributed by atoms with Gasteiger partial charge in [0.1, 0.15) is 18.0 Å². The number of aliphatic hydroxyl groups excluding tert-OH is 1. The Bertz CT molecular complexity index is 575. The van der Waals surface area contributed by atoms with Gasteiger partial charge in [0.05, 0.1) is 6.10 Å². The van der Waals surface area contributed by atoms with Crippen LogP contribution < -0.4 is 9.80 Å². The Morgan fingerprint density at radius 2 is 1.42 bits per heavy atom. The summed E-state index contributed by atoms with van der Waals surface area (Å²) in [5.41, 5.74) is 0. The van der Waals surface area contributed by atoms with Crippen LogP contribution in [0.15, 0.2) is 12.4 Å². The number of aromatic nitrogens is 2. The first-order valence-electron chi connectivity index (χ1n) is 10.4. The van der Waals surface area contributed by atoms with Crippen molar-refractivity contribution in [3.05, 3.63) is 12.4 Å². The summed E-state index contributed by atoms with van der Waals surface area (Å²) in [5, 5.41) is 9.71. The van der Waals surface area contributed by atoms with Gasteiger partial charge < -0.3 is 19.8 Å². The van der Waals surface area contributed by atoms with Crippen molar-refractivity contribution in [2.45, 2.75) is 57.6 Å². The van der Waals surface area contributed by atoms with Crippen LogP contribution in [0.25, 0.3) is 0 Å². The van der Waals surface area contributed by atoms with E-state index in [1.165, 1.54) is 38.8 Å². The van der Waals surface area contributed by atoms with E-state index < -0.39 is 0 Å². The molecule has 1 aromatic rings. The summed E-state index contributed by atoms with van der Waals surface area (Å²) in [6, 6.07) is 2.86. The second-order valence-corrected chi connectivity index (χ2v) is 8.26. The third-order valence-electron chi connectivity index (χ3n) is 6.69. The third-order valence-corrected chi connectivity index (χ3v) is 6.69. The normalized spacial score (nSPS) is 25.0. The van der Waals surface area contributed by atoms with E-state index in [1.54, 1.807) is 6.33 Å². The Hall–Kier alpha value is -1.40. The lowest BCUT2D eigenvalue weighted by atomic mass is 9.89. The molecule has 0 unspecified atom stereocenters. The number of likely N-dealkylation sites (tertiary alicyclic amines) is 1. The van der Waals surface area contributed by atoms with E-state index in [9.17, 15) is 5.11 Å². The lowest BCUT2D eigenvalue weighted by Crippen LogP contribution is -2.43. The number of piperidine rings is 2. The zero-order chi connectivity index (χ0) is 17.9. The van der Waals surface area contributed by atoms with Crippen molar-refractivity contribution < 1.29 is 5.11 Å². The van der Waals surface area contributed by atoms with Crippen molar-refractivity contribution in [2.75, 3.05) is 49.1 Å². The molecule has 3 aliphatic heterocycles. The first-order chi connectivity index (χ1) is 12.7. The van der Waals surface area contributed by atoms with Gasteiger partial charge in [0.15, 0.2) is 0 Å². The Labute approximate surface area is 157 Å². The zero-order valence-electron chi connectivity index (χ0n) is 16.1. The minimum Gasteiger partial charge on any atom is -0.393 e. The molecule has 0 radical (unpaired) electrons. The van der Waals surface area contributed by atoms with Crippen LogP contribution in [0.3, 0.4) is 0 Å². The summed E-state index contributed by atoms with van der Waals surface area (Å²) < 4.78 is 0. The van der Waals surface area contributed by atoms with Crippen molar-refractivity contribution in [1.82, 2.24) is 14.9 Å². The predicted octanol–water partition coefficient (Wildman–Crippen LogP) is 2.14. The van der Waals surface area contributed by atoms with Gasteiger partial charge in [-0.05, 0) is 64.5 Å². The highest BCUT2D eigenvalue weighted by atomic mass is 16.3. The molecular weight excluding hydrogens is 326 g/mol. The fraction of sp³-hybridized carbons (Fsp3) is 0.800. The zero-order valence-corrected chi connectivity index (χ0v) is 16.1. The molecule has 1 atom stereocenters. The number of rotatable bonds is 4. The van der Waals surface area contributed by atoms with Crippen LogP contribution in [-0.4, -0.2) is 71.4 Å². The lowest BCUT2D eigenvalue weighted by Gasteiger charge is -2.39. The maximum absolute atomic E-state index is 9.71. The SMILES string of the molecule is C[C@@H](C1CCN(c2cc(N3CCC(O)CC3)ncn2)CC1)N1CCCC1. The second kappa shape index (κ2) is 8.09. The number of hydrogen-bond donors (Lipinski definition) is 1. The molecule has 0 saturated carbocycles. The maximum atomic E-state index is 9.71. The molecule has 4 rings (SSSR count). The highest BCUT2D eigenvalue weighted by molar-refractivity contribution is 5.50. The Morgan fingerprint density at radius 3 is 2.00 bits per heavy atom. The van der Waals surface area contributed by atoms with E-state index in [-0.39, 0.29) is 6.10 Å². The molecule has 6 nitrogen and oxygen atoms in total. The molecule has 1 aromatic heterocycles. The lowest BCUT2D eigenvalue weighted by molar-refractivity contribution is 0.145. The quantitative estimate of drug-likeness (QED) is 0.889. The summed E-state index contributed by atoms with van der Waals surface area (Å²) >= 11 is 0. The van der Waals surface area contributed by atoms with Gasteiger partial charge in [-0.2, -0.15) is 0 Å². The first-order valence-corrected chi connectivity index (χ1v) is 10.4. The molecule has 0 aliphatic carbocycles. The fourth-order valence-electron chi connectivity index (χ4n) is 4.84. The van der Waals surface area contributed by atoms with Crippen molar-refractivity contribution in [3.8, 4) is 0 Å². The van der Waals surface area contributed by atoms with Gasteiger partial charge in [-0.25, -0.2) is 9.97 Å². The molecule has 0 bridgehead atoms. The van der Waals surface area contributed by atoms with Crippen LogP contribution in [-0.2, 0) is 0 Å². The Kier molecular flexibility index (Phi) is 5.60. The van der Waals surface area contributed by atoms with E-state index in [0.29, 0.717) is 0 Å². The van der Waals surface area contributed by atoms with Gasteiger partial charge >= 0.3 is 0 Å². The van der Waals surface area contributed by atoms with Crippen LogP contribution in [0.5, 0.6) is 0 Å². The average molecular weight is 360 g/mol. The molecule has 4 heterocycles. The van der Waals surface area contributed by atoms with Crippen molar-refractivity contribution in [3.63, 3.8) is 0 Å². The van der Waals surface area contributed by atoms with Gasteiger partial charge in [-0.3, -0.25) is 0 Å². The smallest absolute Gasteiger partial charge is 0.134 e. The topological polar surface area (TPSA) is 55.7 Å². The van der Waals surface area contributed by atoms with E-state index in [1.807, 2.05) is 0 Å². The third kappa shape index (κ3) is 3.96. The number of nitrogens with zero attached hydrogens (tertiary/aromatic N) is 5. The summed E-state index contributed by atoms with van der Waals surface area (Å²) in [4.78, 5) is 16.4. The highest BCUT2D eigenvalue weighted by Crippen LogP contribution is 2.29. The minimum absolute atomic E-state index is 0.149. The van der Waals surface area contributed by atoms with Gasteiger partial charge in [-0.1, -0.05) is 0 Å². The number of hydrogen-bond acceptors (Lipinski definition) is 6. The molecule has 3 aliphatic rings. The van der Waals surface area contributed by atoms with Gasteiger partial charge in [0.2, 0.25) is 0 Å². The largest absolute Gasteiger partial charge is 0.393 e. The van der Waals surface area contributed by atoms with E-state index >= 15 is 0 Å². The molecule has 6 heteroatoms. The summed E-state index contributed by atoms with van der Waals surface area (Å²) in [5.74, 6) is 2.89. The molecule has 0 amide bonds. The molecule has 0 spiro atoms. The minimum atomic E-state index is -0.149. The average Bonchev–Trinajstić information content (AvgIpc) is 3.23. The molecule has 3 fully saturated rings. The second-order valence-electron chi connectivity index (χ2n) is 8.26. The van der Waals surface area contributed by atoms with Gasteiger partial charge in [0, 0.05) is 38.3 Å². The summed E-state index contributed by atoms with van der Waals surface area (Å²) in [7, 11) is 0. The highest BCUT2D eigenvalue weighted by Gasteiger charge is 2.29. The van der Waals surface area contributed by atoms with Crippen LogP contribution in [0.2, 0.25) is 0 Å². The molecule has 144 valence electrons. The maximum Gasteiger partial charge on any atom is 0.134 e. The van der Waals surface area contributed by atoms with E-state index in [4.69, 9.17) is 0 Å². The van der Waals surface area contributed by atoms with E-state index in [2.05, 4.69) is 37.7 Å². The number of aliphatic hydroxyl groups is 1. The Balaban J connectivity index is 1.35. The summed E-state index contributed by atoms with van der Waals surface area (Å²) in [6.07, 6.45) is 8.48. The fourth-order valence-corrected chi connectivity index (χ4v) is 4.84. The standard InChI is InChI=1S/C20H33N5O/c1-16(23-8-2-3-9-23)17-4-10-24(11-5-17)19-14-20(22-15-21-19)25-12-6-18(26)7-13-25/h14-18,26H,2-13H2,1H3/t16-/m0/s1. The van der Waals surface area contributed by atoms with Crippen LogP contribution >= 0.6 is 0 Å². The number of anilines is 2. The van der Waals surface area contributed by atoms with Crippen LogP contribution in [0.4, 0.5) is 11.6 Å². The van der Waals surface area contributed by atoms with Crippen molar-refractivity contribution in [1.29, 1.82) is 0 Å². The van der Waals surface area contributed by atoms with E-state index in [0.717, 1.165) is 62.6 Å². The Morgan fingerprint density at radius 1 is 0.885 bits per heavy atom. The molecule has 26 heavy (non-hydrogen) atoms. The molecular formula is C20H33N5O. The molecule has 0 aromatic carbocycles. The van der Waals surface area contributed by atoms with Crippen LogP contribution in [0, 0.1) is 5.92 Å². The van der Waals surface area contributed by atoms with Crippen molar-refractivity contribution in [2.24, 2.45) is 5.92 Å². The van der Waals surface area contributed by atoms with Gasteiger partial charge in [-0.15, -0.1) is 0 Å². The molecule has 3 saturated heterocycles. The van der Waals surface area contributed by atoms with Crippen LogP contribution in [0.1, 0.15) is 45.4 Å². The molecule has 1 N–H and O–H groups in total.